The Labute approximate surface area is 392 Å². The van der Waals surface area contributed by atoms with Gasteiger partial charge in [-0.1, -0.05) is 137 Å². The Morgan fingerprint density at radius 3 is 1.58 bits per heavy atom. The molecule has 2 N–H and O–H groups in total. The number of benzene rings is 6. The molecule has 6 aromatic carbocycles. The summed E-state index contributed by atoms with van der Waals surface area (Å²) >= 11 is 14.1. The Morgan fingerprint density at radius 1 is 0.606 bits per heavy atom. The molecule has 0 radical (unpaired) electrons. The SMILES string of the molecule is CCn1nnc2c(Cl)c([C@@H](CC(=O)OCc3ccc(CCn4nnc5c(Cl)c([C@H](CC(=O)OCc6ccccc6)c6ccc(C)c(CO)c6)ccc54)cc3)c3ccc(C)c(CO)c3)ccc21. The lowest BCUT2D eigenvalue weighted by atomic mass is 9.86. The number of aliphatic hydroxyl groups is 2. The smallest absolute Gasteiger partial charge is 0.307 e. The normalized spacial score (nSPS) is 12.4. The number of esters is 2. The van der Waals surface area contributed by atoms with Gasteiger partial charge in [0, 0.05) is 24.9 Å². The van der Waals surface area contributed by atoms with Gasteiger partial charge < -0.3 is 19.7 Å². The van der Waals surface area contributed by atoms with E-state index in [1.54, 1.807) is 4.68 Å². The van der Waals surface area contributed by atoms with E-state index >= 15 is 0 Å². The maximum absolute atomic E-state index is 13.5. The van der Waals surface area contributed by atoms with Crippen LogP contribution in [-0.2, 0) is 65.0 Å². The highest BCUT2D eigenvalue weighted by Crippen LogP contribution is 2.39. The first-order chi connectivity index (χ1) is 32.0. The van der Waals surface area contributed by atoms with Crippen molar-refractivity contribution in [2.24, 2.45) is 0 Å². The van der Waals surface area contributed by atoms with Crippen molar-refractivity contribution in [1.82, 2.24) is 30.0 Å². The molecule has 0 spiro atoms. The largest absolute Gasteiger partial charge is 0.461 e. The first-order valence-corrected chi connectivity index (χ1v) is 22.7. The number of carbonyl (C=O) groups is 2. The summed E-state index contributed by atoms with van der Waals surface area (Å²) in [6, 6.07) is 36.7. The molecule has 12 nitrogen and oxygen atoms in total. The standard InChI is InChI=1S/C52H50Cl2N6O6/c1-4-59-45-20-18-41(49(53)51(45)55-57-59)43(37-16-10-32(2)39(24-37)28-61)27-48(64)66-31-36-14-12-34(13-15-36)22-23-60-46-21-19-42(50(54)52(46)56-58-60)44(38-17-11-33(3)40(25-38)29-62)26-47(63)65-30-35-8-6-5-7-9-35/h5-21,24-25,43-44,61-62H,4,22-23,26-31H2,1-3H3/t43-,44+/m0/s1. The van der Waals surface area contributed by atoms with Crippen molar-refractivity contribution >= 4 is 57.2 Å². The molecule has 0 unspecified atom stereocenters. The molecule has 0 saturated heterocycles. The van der Waals surface area contributed by atoms with Gasteiger partial charge in [0.15, 0.2) is 0 Å². The zero-order chi connectivity index (χ0) is 46.3. The van der Waals surface area contributed by atoms with Crippen LogP contribution in [0.25, 0.3) is 22.1 Å². The molecule has 2 heterocycles. The number of aliphatic hydroxyl groups excluding tert-OH is 2. The molecular formula is C52H50Cl2N6O6. The number of carbonyl (C=O) groups excluding carboxylic acids is 2. The highest BCUT2D eigenvalue weighted by molar-refractivity contribution is 6.36. The fourth-order valence-corrected chi connectivity index (χ4v) is 9.00. The lowest BCUT2D eigenvalue weighted by molar-refractivity contribution is -0.146. The summed E-state index contributed by atoms with van der Waals surface area (Å²) in [6.07, 6.45) is 0.701. The number of nitrogens with zero attached hydrogens (tertiary/aromatic N) is 6. The first kappa shape index (κ1) is 46.1. The molecule has 0 amide bonds. The minimum atomic E-state index is -0.461. The fraction of sp³-hybridized carbons (Fsp3) is 0.269. The topological polar surface area (TPSA) is 154 Å². The summed E-state index contributed by atoms with van der Waals surface area (Å²) in [6.45, 7) is 6.99. The molecule has 0 aliphatic rings. The zero-order valence-corrected chi connectivity index (χ0v) is 38.5. The molecule has 338 valence electrons. The summed E-state index contributed by atoms with van der Waals surface area (Å²) < 4.78 is 15.1. The quantitative estimate of drug-likeness (QED) is 0.0795. The number of aromatic nitrogens is 6. The average molecular weight is 926 g/mol. The molecule has 66 heavy (non-hydrogen) atoms. The highest BCUT2D eigenvalue weighted by atomic mass is 35.5. The van der Waals surface area contributed by atoms with E-state index in [0.717, 1.165) is 66.7 Å². The van der Waals surface area contributed by atoms with Crippen molar-refractivity contribution in [2.75, 3.05) is 0 Å². The maximum atomic E-state index is 13.5. The molecule has 0 bridgehead atoms. The molecule has 8 aromatic rings. The molecule has 2 atom stereocenters. The van der Waals surface area contributed by atoms with Crippen LogP contribution in [0.3, 0.4) is 0 Å². The van der Waals surface area contributed by atoms with E-state index in [9.17, 15) is 19.8 Å². The Bertz CT molecular complexity index is 3010. The van der Waals surface area contributed by atoms with E-state index in [1.807, 2.05) is 141 Å². The molecule has 2 aromatic heterocycles. The Hall–Kier alpha value is -6.44. The second kappa shape index (κ2) is 20.8. The van der Waals surface area contributed by atoms with Crippen molar-refractivity contribution in [3.05, 3.63) is 187 Å². The molecule has 0 aliphatic carbocycles. The average Bonchev–Trinajstić information content (AvgIpc) is 3.97. The molecule has 14 heteroatoms. The second-order valence-electron chi connectivity index (χ2n) is 16.5. The van der Waals surface area contributed by atoms with Crippen LogP contribution in [0.4, 0.5) is 0 Å². The molecule has 8 rings (SSSR count). The van der Waals surface area contributed by atoms with Gasteiger partial charge in [0.2, 0.25) is 0 Å². The third-order valence-electron chi connectivity index (χ3n) is 12.3. The number of hydrogen-bond donors (Lipinski definition) is 2. The van der Waals surface area contributed by atoms with Gasteiger partial charge in [-0.15, -0.1) is 10.2 Å². The number of hydrogen-bond acceptors (Lipinski definition) is 10. The molecular weight excluding hydrogens is 876 g/mol. The maximum Gasteiger partial charge on any atom is 0.307 e. The highest BCUT2D eigenvalue weighted by Gasteiger charge is 2.27. The summed E-state index contributed by atoms with van der Waals surface area (Å²) in [5.41, 5.74) is 12.0. The van der Waals surface area contributed by atoms with E-state index in [-0.39, 0.29) is 45.2 Å². The van der Waals surface area contributed by atoms with Crippen molar-refractivity contribution in [3.63, 3.8) is 0 Å². The summed E-state index contributed by atoms with van der Waals surface area (Å²) in [4.78, 5) is 26.9. The van der Waals surface area contributed by atoms with Crippen LogP contribution < -0.4 is 0 Å². The molecule has 0 saturated carbocycles. The zero-order valence-electron chi connectivity index (χ0n) is 37.0. The van der Waals surface area contributed by atoms with Gasteiger partial charge in [-0.2, -0.15) is 0 Å². The van der Waals surface area contributed by atoms with Crippen LogP contribution in [0, 0.1) is 13.8 Å². The van der Waals surface area contributed by atoms with Gasteiger partial charge in [0.1, 0.15) is 24.2 Å². The number of rotatable bonds is 18. The summed E-state index contributed by atoms with van der Waals surface area (Å²) in [5, 5.41) is 38.4. The number of aryl methyl sites for hydroxylation is 5. The predicted molar refractivity (Wildman–Crippen MR) is 254 cm³/mol. The van der Waals surface area contributed by atoms with Crippen LogP contribution in [-0.4, -0.2) is 52.1 Å². The third kappa shape index (κ3) is 10.2. The molecule has 0 aliphatic heterocycles. The summed E-state index contributed by atoms with van der Waals surface area (Å²) in [5.74, 6) is -1.69. The van der Waals surface area contributed by atoms with Crippen LogP contribution in [0.5, 0.6) is 0 Å². The van der Waals surface area contributed by atoms with E-state index < -0.39 is 17.8 Å². The molecule has 0 fully saturated rings. The second-order valence-corrected chi connectivity index (χ2v) is 17.2. The lowest BCUT2D eigenvalue weighted by Gasteiger charge is -2.20. The Kier molecular flexibility index (Phi) is 14.5. The van der Waals surface area contributed by atoms with E-state index in [0.29, 0.717) is 46.2 Å². The Balaban J connectivity index is 0.931. The number of ether oxygens (including phenoxy) is 2. The van der Waals surface area contributed by atoms with Gasteiger partial charge in [0.05, 0.1) is 47.1 Å². The fourth-order valence-electron chi connectivity index (χ4n) is 8.34. The van der Waals surface area contributed by atoms with Crippen LogP contribution >= 0.6 is 23.2 Å². The van der Waals surface area contributed by atoms with Crippen molar-refractivity contribution < 1.29 is 29.3 Å². The summed E-state index contributed by atoms with van der Waals surface area (Å²) in [7, 11) is 0. The first-order valence-electron chi connectivity index (χ1n) is 21.9. The van der Waals surface area contributed by atoms with Crippen molar-refractivity contribution in [1.29, 1.82) is 0 Å². The van der Waals surface area contributed by atoms with Crippen molar-refractivity contribution in [2.45, 2.75) is 91.4 Å². The van der Waals surface area contributed by atoms with Gasteiger partial charge in [-0.25, -0.2) is 9.36 Å². The van der Waals surface area contributed by atoms with Crippen molar-refractivity contribution in [3.8, 4) is 0 Å². The van der Waals surface area contributed by atoms with Crippen LogP contribution in [0.1, 0.15) is 92.8 Å². The van der Waals surface area contributed by atoms with Gasteiger partial charge in [0.25, 0.3) is 0 Å². The van der Waals surface area contributed by atoms with Gasteiger partial charge in [-0.3, -0.25) is 9.59 Å². The van der Waals surface area contributed by atoms with Gasteiger partial charge in [-0.05, 0) is 101 Å². The van der Waals surface area contributed by atoms with E-state index in [1.165, 1.54) is 0 Å². The number of fused-ring (bicyclic) bond motifs is 2. The minimum absolute atomic E-state index is 0.0229. The monoisotopic (exact) mass is 924 g/mol. The number of halogens is 2. The van der Waals surface area contributed by atoms with Crippen LogP contribution in [0.15, 0.2) is 115 Å². The van der Waals surface area contributed by atoms with E-state index in [4.69, 9.17) is 32.7 Å². The van der Waals surface area contributed by atoms with E-state index in [2.05, 4.69) is 20.6 Å². The predicted octanol–water partition coefficient (Wildman–Crippen LogP) is 9.88. The third-order valence-corrected chi connectivity index (χ3v) is 13.1. The van der Waals surface area contributed by atoms with Crippen LogP contribution in [0.2, 0.25) is 10.0 Å². The van der Waals surface area contributed by atoms with Gasteiger partial charge >= 0.3 is 11.9 Å². The Morgan fingerprint density at radius 2 is 1.08 bits per heavy atom. The lowest BCUT2D eigenvalue weighted by Crippen LogP contribution is -2.13. The minimum Gasteiger partial charge on any atom is -0.461 e.